The number of hydrogen-bond donors (Lipinski definition) is 2. The molecule has 5 rings (SSSR count). The van der Waals surface area contributed by atoms with Crippen molar-refractivity contribution >= 4 is 17.6 Å². The minimum absolute atomic E-state index is 0.800. The highest BCUT2D eigenvalue weighted by molar-refractivity contribution is 5.67. The van der Waals surface area contributed by atoms with Crippen molar-refractivity contribution in [1.29, 1.82) is 0 Å². The highest BCUT2D eigenvalue weighted by atomic mass is 15.3. The molecular formula is C24H30N6. The summed E-state index contributed by atoms with van der Waals surface area (Å²) in [5, 5.41) is 11.1. The van der Waals surface area contributed by atoms with Gasteiger partial charge < -0.3 is 10.2 Å². The maximum atomic E-state index is 4.97. The Balaban J connectivity index is 1.37. The normalized spacial score (nSPS) is 16.6. The van der Waals surface area contributed by atoms with Crippen molar-refractivity contribution < 1.29 is 0 Å². The molecule has 1 aliphatic carbocycles. The number of aromatic nitrogens is 4. The van der Waals surface area contributed by atoms with Crippen LogP contribution in [0, 0.1) is 5.92 Å². The first-order chi connectivity index (χ1) is 14.8. The summed E-state index contributed by atoms with van der Waals surface area (Å²) in [6.07, 6.45) is 8.34. The predicted octanol–water partition coefficient (Wildman–Crippen LogP) is 5.12. The second-order valence-electron chi connectivity index (χ2n) is 8.53. The molecule has 0 radical (unpaired) electrons. The van der Waals surface area contributed by atoms with Gasteiger partial charge in [-0.1, -0.05) is 50.1 Å². The van der Waals surface area contributed by atoms with E-state index in [0.717, 1.165) is 67.1 Å². The van der Waals surface area contributed by atoms with Crippen LogP contribution >= 0.6 is 0 Å². The zero-order valence-corrected chi connectivity index (χ0v) is 17.7. The van der Waals surface area contributed by atoms with Gasteiger partial charge in [-0.15, -0.1) is 0 Å². The lowest BCUT2D eigenvalue weighted by Gasteiger charge is -2.32. The molecule has 1 aromatic carbocycles. The average molecular weight is 403 g/mol. The molecule has 0 unspecified atom stereocenters. The van der Waals surface area contributed by atoms with Gasteiger partial charge in [-0.25, -0.2) is 4.98 Å². The van der Waals surface area contributed by atoms with Gasteiger partial charge in [0.2, 0.25) is 5.95 Å². The summed E-state index contributed by atoms with van der Waals surface area (Å²) in [7, 11) is 0. The maximum absolute atomic E-state index is 4.97. The molecule has 1 fully saturated rings. The van der Waals surface area contributed by atoms with Crippen LogP contribution in [0.3, 0.4) is 0 Å². The van der Waals surface area contributed by atoms with Gasteiger partial charge in [0.25, 0.3) is 0 Å². The second kappa shape index (κ2) is 8.46. The molecule has 0 spiro atoms. The first kappa shape index (κ1) is 19.1. The maximum Gasteiger partial charge on any atom is 0.227 e. The summed E-state index contributed by atoms with van der Waals surface area (Å²) in [5.41, 5.74) is 4.59. The Morgan fingerprint density at radius 1 is 1.10 bits per heavy atom. The Morgan fingerprint density at radius 2 is 1.93 bits per heavy atom. The molecule has 0 atom stereocenters. The number of fused-ring (bicyclic) bond motifs is 1. The minimum Gasteiger partial charge on any atom is -0.341 e. The molecule has 0 bridgehead atoms. The number of aromatic amines is 1. The summed E-state index contributed by atoms with van der Waals surface area (Å²) in [6, 6.07) is 12.3. The number of anilines is 3. The van der Waals surface area contributed by atoms with Gasteiger partial charge in [-0.2, -0.15) is 10.1 Å². The van der Waals surface area contributed by atoms with Gasteiger partial charge in [0.15, 0.2) is 5.82 Å². The SMILES string of the molecule is CCCC1CCN(c2nc3c(c(Nc4cc(-c5ccccc5)[nH]n4)n2)CCC3)CC1. The highest BCUT2D eigenvalue weighted by Gasteiger charge is 2.25. The molecule has 156 valence electrons. The van der Waals surface area contributed by atoms with E-state index in [4.69, 9.17) is 9.97 Å². The first-order valence-corrected chi connectivity index (χ1v) is 11.3. The van der Waals surface area contributed by atoms with Gasteiger partial charge in [0.1, 0.15) is 5.82 Å². The van der Waals surface area contributed by atoms with Crippen molar-refractivity contribution in [3.8, 4) is 11.3 Å². The van der Waals surface area contributed by atoms with E-state index in [1.807, 2.05) is 18.2 Å². The molecule has 2 aromatic heterocycles. The molecule has 6 nitrogen and oxygen atoms in total. The smallest absolute Gasteiger partial charge is 0.227 e. The predicted molar refractivity (Wildman–Crippen MR) is 121 cm³/mol. The largest absolute Gasteiger partial charge is 0.341 e. The molecule has 1 saturated heterocycles. The summed E-state index contributed by atoms with van der Waals surface area (Å²) in [5.74, 6) is 3.47. The topological polar surface area (TPSA) is 69.7 Å². The Labute approximate surface area is 178 Å². The van der Waals surface area contributed by atoms with Crippen LogP contribution in [0.25, 0.3) is 11.3 Å². The van der Waals surface area contributed by atoms with E-state index >= 15 is 0 Å². The summed E-state index contributed by atoms with van der Waals surface area (Å²) >= 11 is 0. The Morgan fingerprint density at radius 3 is 2.73 bits per heavy atom. The van der Waals surface area contributed by atoms with Crippen molar-refractivity contribution in [3.05, 3.63) is 47.7 Å². The average Bonchev–Trinajstić information content (AvgIpc) is 3.45. The van der Waals surface area contributed by atoms with E-state index in [-0.39, 0.29) is 0 Å². The third-order valence-electron chi connectivity index (χ3n) is 6.42. The highest BCUT2D eigenvalue weighted by Crippen LogP contribution is 2.32. The molecule has 6 heteroatoms. The van der Waals surface area contributed by atoms with Crippen LogP contribution in [0.2, 0.25) is 0 Å². The first-order valence-electron chi connectivity index (χ1n) is 11.3. The summed E-state index contributed by atoms with van der Waals surface area (Å²) in [6.45, 7) is 4.40. The molecule has 0 amide bonds. The van der Waals surface area contributed by atoms with Crippen LogP contribution in [-0.2, 0) is 12.8 Å². The zero-order valence-electron chi connectivity index (χ0n) is 17.7. The number of aryl methyl sites for hydroxylation is 1. The molecule has 30 heavy (non-hydrogen) atoms. The van der Waals surface area contributed by atoms with Gasteiger partial charge in [0.05, 0.1) is 11.4 Å². The second-order valence-corrected chi connectivity index (χ2v) is 8.53. The Bertz CT molecular complexity index is 988. The number of hydrogen-bond acceptors (Lipinski definition) is 5. The summed E-state index contributed by atoms with van der Waals surface area (Å²) < 4.78 is 0. The number of H-pyrrole nitrogens is 1. The molecule has 1 aliphatic heterocycles. The zero-order chi connectivity index (χ0) is 20.3. The van der Waals surface area contributed by atoms with Gasteiger partial charge >= 0.3 is 0 Å². The van der Waals surface area contributed by atoms with Crippen LogP contribution < -0.4 is 10.2 Å². The Kier molecular flexibility index (Phi) is 5.39. The number of nitrogens with zero attached hydrogens (tertiary/aromatic N) is 4. The summed E-state index contributed by atoms with van der Waals surface area (Å²) in [4.78, 5) is 12.3. The van der Waals surface area contributed by atoms with Crippen LogP contribution in [0.5, 0.6) is 0 Å². The van der Waals surface area contributed by atoms with Crippen LogP contribution in [0.4, 0.5) is 17.6 Å². The third kappa shape index (κ3) is 3.91. The van der Waals surface area contributed by atoms with E-state index in [2.05, 4.69) is 45.5 Å². The van der Waals surface area contributed by atoms with Crippen molar-refractivity contribution in [3.63, 3.8) is 0 Å². The van der Waals surface area contributed by atoms with Crippen molar-refractivity contribution in [2.45, 2.75) is 51.9 Å². The monoisotopic (exact) mass is 402 g/mol. The quantitative estimate of drug-likeness (QED) is 0.599. The lowest BCUT2D eigenvalue weighted by molar-refractivity contribution is 0.376. The number of benzene rings is 1. The number of rotatable bonds is 6. The van der Waals surface area contributed by atoms with Crippen LogP contribution in [0.15, 0.2) is 36.4 Å². The van der Waals surface area contributed by atoms with Crippen LogP contribution in [0.1, 0.15) is 50.3 Å². The van der Waals surface area contributed by atoms with Gasteiger partial charge in [-0.05, 0) is 43.6 Å². The molecular weight excluding hydrogens is 372 g/mol. The molecule has 2 aliphatic rings. The van der Waals surface area contributed by atoms with Gasteiger partial charge in [-0.3, -0.25) is 5.10 Å². The van der Waals surface area contributed by atoms with E-state index < -0.39 is 0 Å². The van der Waals surface area contributed by atoms with Crippen molar-refractivity contribution in [2.24, 2.45) is 5.92 Å². The molecule has 3 heterocycles. The van der Waals surface area contributed by atoms with E-state index in [0.29, 0.717) is 0 Å². The molecule has 2 N–H and O–H groups in total. The van der Waals surface area contributed by atoms with E-state index in [1.165, 1.54) is 36.9 Å². The fourth-order valence-electron chi connectivity index (χ4n) is 4.77. The third-order valence-corrected chi connectivity index (χ3v) is 6.42. The lowest BCUT2D eigenvalue weighted by atomic mass is 9.93. The van der Waals surface area contributed by atoms with Gasteiger partial charge in [0, 0.05) is 24.7 Å². The van der Waals surface area contributed by atoms with E-state index in [1.54, 1.807) is 0 Å². The lowest BCUT2D eigenvalue weighted by Crippen LogP contribution is -2.35. The van der Waals surface area contributed by atoms with Crippen molar-refractivity contribution in [1.82, 2.24) is 20.2 Å². The minimum atomic E-state index is 0.800. The van der Waals surface area contributed by atoms with E-state index in [9.17, 15) is 0 Å². The molecule has 0 saturated carbocycles. The standard InChI is InChI=1S/C24H30N6/c1-2-7-17-12-14-30(15-13-17)24-25-20-11-6-10-19(20)23(27-24)26-22-16-21(28-29-22)18-8-4-3-5-9-18/h3-5,8-9,16-17H,2,6-7,10-15H2,1H3,(H2,25,26,27,28,29). The van der Waals surface area contributed by atoms with Crippen molar-refractivity contribution in [2.75, 3.05) is 23.3 Å². The Hall–Kier alpha value is -2.89. The number of piperidine rings is 1. The van der Waals surface area contributed by atoms with Crippen LogP contribution in [-0.4, -0.2) is 33.3 Å². The fraction of sp³-hybridized carbons (Fsp3) is 0.458. The number of nitrogens with one attached hydrogen (secondary N) is 2. The molecule has 3 aromatic rings. The fourth-order valence-corrected chi connectivity index (χ4v) is 4.77.